The maximum atomic E-state index is 12.5. The summed E-state index contributed by atoms with van der Waals surface area (Å²) in [5, 5.41) is 15.8. The van der Waals surface area contributed by atoms with Crippen LogP contribution in [0.2, 0.25) is 0 Å². The molecule has 3 heterocycles. The number of urea groups is 1. The predicted molar refractivity (Wildman–Crippen MR) is 82.5 cm³/mol. The molecule has 1 aromatic heterocycles. The van der Waals surface area contributed by atoms with E-state index in [-0.39, 0.29) is 24.8 Å². The van der Waals surface area contributed by atoms with Crippen molar-refractivity contribution >= 4 is 17.8 Å². The number of hydrogen-bond acceptors (Lipinski definition) is 5. The van der Waals surface area contributed by atoms with Crippen molar-refractivity contribution in [3.8, 4) is 0 Å². The molecule has 24 heavy (non-hydrogen) atoms. The van der Waals surface area contributed by atoms with Gasteiger partial charge in [-0.2, -0.15) is 5.10 Å². The van der Waals surface area contributed by atoms with Gasteiger partial charge < -0.3 is 15.3 Å². The Morgan fingerprint density at radius 1 is 1.38 bits per heavy atom. The summed E-state index contributed by atoms with van der Waals surface area (Å²) in [4.78, 5) is 39.3. The fourth-order valence-corrected chi connectivity index (χ4v) is 3.12. The molecule has 0 radical (unpaired) electrons. The Bertz CT molecular complexity index is 671. The fraction of sp³-hybridized carbons (Fsp3) is 0.600. The minimum Gasteiger partial charge on any atom is -0.394 e. The molecule has 2 aliphatic heterocycles. The topological polar surface area (TPSA) is 108 Å². The number of imide groups is 1. The molecule has 1 atom stereocenters. The number of carbonyl (C=O) groups excluding carboxylic acids is 3. The van der Waals surface area contributed by atoms with E-state index in [2.05, 4.69) is 10.4 Å². The second-order valence-corrected chi connectivity index (χ2v) is 6.01. The molecule has 9 nitrogen and oxygen atoms in total. The second-order valence-electron chi connectivity index (χ2n) is 6.01. The van der Waals surface area contributed by atoms with Crippen molar-refractivity contribution in [2.75, 3.05) is 13.2 Å². The van der Waals surface area contributed by atoms with Crippen LogP contribution in [0, 0.1) is 0 Å². The van der Waals surface area contributed by atoms with Crippen molar-refractivity contribution in [2.24, 2.45) is 0 Å². The Kier molecular flexibility index (Phi) is 4.52. The van der Waals surface area contributed by atoms with E-state index in [1.165, 1.54) is 0 Å². The highest BCUT2D eigenvalue weighted by Gasteiger charge is 2.39. The summed E-state index contributed by atoms with van der Waals surface area (Å²) in [5.41, 5.74) is 1.86. The largest absolute Gasteiger partial charge is 0.394 e. The van der Waals surface area contributed by atoms with Gasteiger partial charge in [0.25, 0.3) is 5.91 Å². The average Bonchev–Trinajstić information content (AvgIpc) is 3.19. The number of aromatic nitrogens is 2. The van der Waals surface area contributed by atoms with Crippen molar-refractivity contribution in [3.63, 3.8) is 0 Å². The summed E-state index contributed by atoms with van der Waals surface area (Å²) in [6.07, 6.45) is 2.34. The number of hydrogen-bond donors (Lipinski definition) is 2. The number of aliphatic hydroxyl groups is 1. The smallest absolute Gasteiger partial charge is 0.324 e. The lowest BCUT2D eigenvalue weighted by atomic mass is 10.2. The first kappa shape index (κ1) is 16.4. The van der Waals surface area contributed by atoms with Gasteiger partial charge in [-0.05, 0) is 6.42 Å². The van der Waals surface area contributed by atoms with Crippen LogP contribution in [-0.2, 0) is 29.2 Å². The van der Waals surface area contributed by atoms with E-state index in [1.54, 1.807) is 15.8 Å². The minimum absolute atomic E-state index is 0.0159. The number of aliphatic hydroxyl groups excluding tert-OH is 1. The lowest BCUT2D eigenvalue weighted by Crippen LogP contribution is -2.37. The molecular formula is C15H21N5O4. The van der Waals surface area contributed by atoms with Gasteiger partial charge in [-0.25, -0.2) is 4.79 Å². The van der Waals surface area contributed by atoms with Gasteiger partial charge in [0.1, 0.15) is 6.04 Å². The Hall–Kier alpha value is -2.42. The van der Waals surface area contributed by atoms with Crippen molar-refractivity contribution in [1.82, 2.24) is 24.9 Å². The molecule has 0 saturated carbocycles. The maximum Gasteiger partial charge on any atom is 0.324 e. The van der Waals surface area contributed by atoms with E-state index < -0.39 is 12.1 Å². The number of nitrogens with one attached hydrogen (secondary N) is 1. The van der Waals surface area contributed by atoms with E-state index in [0.29, 0.717) is 32.6 Å². The summed E-state index contributed by atoms with van der Waals surface area (Å²) in [7, 11) is 0. The van der Waals surface area contributed by atoms with Crippen molar-refractivity contribution in [2.45, 2.75) is 45.4 Å². The molecule has 0 aliphatic carbocycles. The van der Waals surface area contributed by atoms with Gasteiger partial charge in [0, 0.05) is 18.7 Å². The zero-order chi connectivity index (χ0) is 17.3. The summed E-state index contributed by atoms with van der Waals surface area (Å²) >= 11 is 0. The lowest BCUT2D eigenvalue weighted by Gasteiger charge is -2.18. The van der Waals surface area contributed by atoms with Gasteiger partial charge in [0.2, 0.25) is 5.91 Å². The molecule has 2 N–H and O–H groups in total. The van der Waals surface area contributed by atoms with E-state index >= 15 is 0 Å². The van der Waals surface area contributed by atoms with Crippen LogP contribution in [0.15, 0.2) is 6.20 Å². The predicted octanol–water partition coefficient (Wildman–Crippen LogP) is -0.562. The van der Waals surface area contributed by atoms with Gasteiger partial charge >= 0.3 is 6.03 Å². The Morgan fingerprint density at radius 2 is 2.17 bits per heavy atom. The van der Waals surface area contributed by atoms with Crippen LogP contribution in [0.1, 0.15) is 31.0 Å². The number of carbonyl (C=O) groups is 3. The molecule has 1 fully saturated rings. The molecule has 9 heteroatoms. The summed E-state index contributed by atoms with van der Waals surface area (Å²) < 4.78 is 1.69. The maximum absolute atomic E-state index is 12.5. The monoisotopic (exact) mass is 335 g/mol. The zero-order valence-corrected chi connectivity index (χ0v) is 13.6. The van der Waals surface area contributed by atoms with Crippen molar-refractivity contribution < 1.29 is 19.5 Å². The van der Waals surface area contributed by atoms with Crippen LogP contribution in [-0.4, -0.2) is 61.7 Å². The number of nitrogens with zero attached hydrogens (tertiary/aromatic N) is 4. The van der Waals surface area contributed by atoms with Crippen molar-refractivity contribution in [3.05, 3.63) is 17.5 Å². The van der Waals surface area contributed by atoms with Gasteiger partial charge in [0.05, 0.1) is 38.0 Å². The lowest BCUT2D eigenvalue weighted by molar-refractivity contribution is -0.136. The quantitative estimate of drug-likeness (QED) is 0.678. The van der Waals surface area contributed by atoms with E-state index in [0.717, 1.165) is 16.2 Å². The molecule has 1 saturated heterocycles. The molecule has 4 amide bonds. The van der Waals surface area contributed by atoms with Gasteiger partial charge in [-0.15, -0.1) is 0 Å². The molecule has 3 rings (SSSR count). The highest BCUT2D eigenvalue weighted by Crippen LogP contribution is 2.24. The third-order valence-corrected chi connectivity index (χ3v) is 4.33. The van der Waals surface area contributed by atoms with Crippen LogP contribution in [0.25, 0.3) is 0 Å². The first-order valence-corrected chi connectivity index (χ1v) is 8.09. The van der Waals surface area contributed by atoms with Crippen LogP contribution < -0.4 is 5.32 Å². The summed E-state index contributed by atoms with van der Waals surface area (Å²) in [6.45, 7) is 3.46. The molecule has 0 spiro atoms. The summed E-state index contributed by atoms with van der Waals surface area (Å²) in [5.74, 6) is -0.517. The van der Waals surface area contributed by atoms with Crippen LogP contribution in [0.3, 0.4) is 0 Å². The van der Waals surface area contributed by atoms with Crippen LogP contribution in [0.4, 0.5) is 4.79 Å². The minimum atomic E-state index is -0.783. The van der Waals surface area contributed by atoms with Gasteiger partial charge in [-0.3, -0.25) is 19.2 Å². The average molecular weight is 335 g/mol. The van der Waals surface area contributed by atoms with E-state index in [4.69, 9.17) is 5.11 Å². The van der Waals surface area contributed by atoms with Crippen molar-refractivity contribution in [1.29, 1.82) is 0 Å². The fourth-order valence-electron chi connectivity index (χ4n) is 3.12. The Morgan fingerprint density at radius 3 is 2.88 bits per heavy atom. The Labute approximate surface area is 139 Å². The highest BCUT2D eigenvalue weighted by molar-refractivity contribution is 6.05. The first-order chi connectivity index (χ1) is 11.5. The number of fused-ring (bicyclic) bond motifs is 1. The summed E-state index contributed by atoms with van der Waals surface area (Å²) in [6, 6.07) is -1.21. The second kappa shape index (κ2) is 6.60. The molecule has 1 unspecified atom stereocenters. The van der Waals surface area contributed by atoms with Gasteiger partial charge in [0.15, 0.2) is 0 Å². The molecule has 2 aliphatic rings. The van der Waals surface area contributed by atoms with Crippen LogP contribution >= 0.6 is 0 Å². The molecule has 130 valence electrons. The third kappa shape index (κ3) is 2.86. The zero-order valence-electron chi connectivity index (χ0n) is 13.6. The Balaban J connectivity index is 1.61. The van der Waals surface area contributed by atoms with Gasteiger partial charge in [-0.1, -0.05) is 6.92 Å². The number of amides is 4. The molecule has 0 bridgehead atoms. The molecule has 1 aromatic rings. The van der Waals surface area contributed by atoms with E-state index in [9.17, 15) is 14.4 Å². The highest BCUT2D eigenvalue weighted by atomic mass is 16.3. The normalized spacial score (nSPS) is 19.8. The van der Waals surface area contributed by atoms with Crippen LogP contribution in [0.5, 0.6) is 0 Å². The third-order valence-electron chi connectivity index (χ3n) is 4.33. The van der Waals surface area contributed by atoms with E-state index in [1.807, 2.05) is 6.92 Å². The first-order valence-electron chi connectivity index (χ1n) is 8.09. The standard InChI is InChI=1S/C15H21N5O4/c1-2-3-19-14(23)11(17-15(19)24)6-13(22)18-8-10-7-16-20(4-5-21)12(10)9-18/h7,11,21H,2-6,8-9H2,1H3,(H,17,24). The molecular weight excluding hydrogens is 314 g/mol. The molecule has 0 aromatic carbocycles. The SMILES string of the molecule is CCCN1C(=O)NC(CC(=O)N2Cc3cnn(CCO)c3C2)C1=O. The number of rotatable bonds is 6.